The Morgan fingerprint density at radius 3 is 2.37 bits per heavy atom. The first-order chi connectivity index (χ1) is 14.1. The van der Waals surface area contributed by atoms with Crippen molar-refractivity contribution < 1.29 is 14.3 Å². The van der Waals surface area contributed by atoms with Gasteiger partial charge in [0.05, 0.1) is 8.07 Å². The van der Waals surface area contributed by atoms with Crippen LogP contribution in [-0.2, 0) is 9.53 Å². The first-order valence-electron chi connectivity index (χ1n) is 12.3. The fourth-order valence-corrected chi connectivity index (χ4v) is 7.32. The first kappa shape index (κ1) is 23.6. The summed E-state index contributed by atoms with van der Waals surface area (Å²) in [4.78, 5) is 28.4. The number of hydrogen-bond donors (Lipinski definition) is 0. The van der Waals surface area contributed by atoms with E-state index in [1.54, 1.807) is 0 Å². The summed E-state index contributed by atoms with van der Waals surface area (Å²) >= 11 is 0. The summed E-state index contributed by atoms with van der Waals surface area (Å²) in [7, 11) is -1.82. The first-order valence-corrected chi connectivity index (χ1v) is 15.8. The molecule has 0 unspecified atom stereocenters. The highest BCUT2D eigenvalue weighted by Crippen LogP contribution is 2.38. The maximum atomic E-state index is 13.5. The van der Waals surface area contributed by atoms with Crippen molar-refractivity contribution in [3.05, 3.63) is 11.4 Å². The number of Topliss-reactive ketones (excluding diaryl/α,β-unsaturated/α-hetero) is 1. The Kier molecular flexibility index (Phi) is 7.52. The van der Waals surface area contributed by atoms with Crippen LogP contribution in [0.2, 0.25) is 19.6 Å². The van der Waals surface area contributed by atoms with E-state index in [0.29, 0.717) is 30.1 Å². The van der Waals surface area contributed by atoms with Gasteiger partial charge in [-0.05, 0) is 54.6 Å². The molecule has 0 N–H and O–H groups in total. The number of allylic oxidation sites excluding steroid dienone is 1. The van der Waals surface area contributed by atoms with Crippen LogP contribution in [0.25, 0.3) is 0 Å². The number of carbonyl (C=O) groups excluding carboxylic acids is 2. The number of ketones is 1. The Balaban J connectivity index is 1.85. The smallest absolute Gasteiger partial charge is 0.414 e. The molecule has 170 valence electrons. The van der Waals surface area contributed by atoms with Crippen LogP contribution in [0.1, 0.15) is 78.6 Å². The molecule has 0 bridgehead atoms. The molecule has 0 aromatic carbocycles. The molecule has 30 heavy (non-hydrogen) atoms. The summed E-state index contributed by atoms with van der Waals surface area (Å²) in [5, 5.41) is 0.893. The van der Waals surface area contributed by atoms with Crippen molar-refractivity contribution in [2.75, 3.05) is 0 Å². The van der Waals surface area contributed by atoms with E-state index in [2.05, 4.69) is 40.4 Å². The van der Waals surface area contributed by atoms with Gasteiger partial charge in [0.2, 0.25) is 0 Å². The molecule has 2 saturated carbocycles. The van der Waals surface area contributed by atoms with Crippen LogP contribution in [0.3, 0.4) is 0 Å². The second kappa shape index (κ2) is 9.58. The van der Waals surface area contributed by atoms with Crippen molar-refractivity contribution >= 4 is 20.0 Å². The molecule has 3 rings (SSSR count). The van der Waals surface area contributed by atoms with Gasteiger partial charge in [0.25, 0.3) is 0 Å². The number of carbonyl (C=O) groups is 2. The van der Waals surface area contributed by atoms with E-state index in [1.165, 1.54) is 25.7 Å². The average molecular weight is 434 g/mol. The van der Waals surface area contributed by atoms with E-state index < -0.39 is 8.07 Å². The minimum Gasteiger partial charge on any atom is -0.446 e. The second-order valence-corrected chi connectivity index (χ2v) is 16.6. The molecule has 0 aromatic rings. The molecule has 2 fully saturated rings. The summed E-state index contributed by atoms with van der Waals surface area (Å²) in [6.07, 6.45) is 11.4. The molecule has 4 nitrogen and oxygen atoms in total. The lowest BCUT2D eigenvalue weighted by Crippen LogP contribution is -2.50. The van der Waals surface area contributed by atoms with Crippen LogP contribution in [-0.4, -0.2) is 37.0 Å². The van der Waals surface area contributed by atoms with Crippen LogP contribution < -0.4 is 0 Å². The van der Waals surface area contributed by atoms with Crippen LogP contribution in [0, 0.1) is 23.7 Å². The van der Waals surface area contributed by atoms with Gasteiger partial charge < -0.3 is 4.74 Å². The lowest BCUT2D eigenvalue weighted by molar-refractivity contribution is -0.117. The second-order valence-electron chi connectivity index (χ2n) is 11.5. The molecular formula is C25H43NO3Si. The quantitative estimate of drug-likeness (QED) is 0.471. The molecule has 0 saturated heterocycles. The average Bonchev–Trinajstić information content (AvgIpc) is 2.67. The molecular weight excluding hydrogens is 390 g/mol. The normalized spacial score (nSPS) is 31.6. The predicted molar refractivity (Wildman–Crippen MR) is 125 cm³/mol. The Morgan fingerprint density at radius 2 is 1.77 bits per heavy atom. The third-order valence-corrected chi connectivity index (χ3v) is 9.77. The Labute approximate surface area is 184 Å². The molecule has 4 atom stereocenters. The van der Waals surface area contributed by atoms with Gasteiger partial charge in [-0.15, -0.1) is 0 Å². The van der Waals surface area contributed by atoms with Gasteiger partial charge in [0.1, 0.15) is 6.10 Å². The van der Waals surface area contributed by atoms with Crippen molar-refractivity contribution in [1.29, 1.82) is 0 Å². The zero-order valence-corrected chi connectivity index (χ0v) is 21.1. The van der Waals surface area contributed by atoms with Gasteiger partial charge in [-0.3, -0.25) is 9.69 Å². The highest BCUT2D eigenvalue weighted by molar-refractivity contribution is 6.87. The predicted octanol–water partition coefficient (Wildman–Crippen LogP) is 6.57. The summed E-state index contributed by atoms with van der Waals surface area (Å²) in [5.41, 5.74) is 0. The third kappa shape index (κ3) is 5.38. The number of nitrogens with zero attached hydrogens (tertiary/aromatic N) is 1. The van der Waals surface area contributed by atoms with Gasteiger partial charge in [-0.1, -0.05) is 66.1 Å². The van der Waals surface area contributed by atoms with E-state index >= 15 is 0 Å². The number of rotatable bonds is 4. The maximum absolute atomic E-state index is 13.5. The third-order valence-electron chi connectivity index (χ3n) is 7.75. The van der Waals surface area contributed by atoms with Crippen LogP contribution in [0.15, 0.2) is 11.4 Å². The molecule has 2 aliphatic carbocycles. The zero-order valence-electron chi connectivity index (χ0n) is 20.1. The van der Waals surface area contributed by atoms with E-state index in [-0.39, 0.29) is 24.0 Å². The van der Waals surface area contributed by atoms with Crippen LogP contribution in [0.5, 0.6) is 0 Å². The summed E-state index contributed by atoms with van der Waals surface area (Å²) < 4.78 is 6.24. The monoisotopic (exact) mass is 433 g/mol. The summed E-state index contributed by atoms with van der Waals surface area (Å²) in [6.45, 7) is 13.3. The van der Waals surface area contributed by atoms with E-state index in [0.717, 1.165) is 30.9 Å². The van der Waals surface area contributed by atoms with E-state index in [9.17, 15) is 9.59 Å². The lowest BCUT2D eigenvalue weighted by Gasteiger charge is -2.42. The topological polar surface area (TPSA) is 46.6 Å². The largest absolute Gasteiger partial charge is 0.446 e. The zero-order chi connectivity index (χ0) is 22.1. The minimum atomic E-state index is -1.82. The van der Waals surface area contributed by atoms with Crippen molar-refractivity contribution in [2.45, 2.75) is 110 Å². The molecule has 0 aromatic heterocycles. The van der Waals surface area contributed by atoms with Gasteiger partial charge >= 0.3 is 6.09 Å². The van der Waals surface area contributed by atoms with Crippen LogP contribution in [0.4, 0.5) is 4.79 Å². The minimum absolute atomic E-state index is 0.00499. The number of amides is 1. The molecule has 1 amide bonds. The standard InChI is InChI=1S/C25H43NO3Si/c1-17(2)20-13-12-18(3)14-23(20)29-25(28)26-16-24(30(4,5)6)22(27)15-21(26)19-10-8-7-9-11-19/h16-21,23H,7-15H2,1-6H3/t18-,20+,21+,23-/m1/s1. The van der Waals surface area contributed by atoms with E-state index in [1.807, 2.05) is 11.1 Å². The Hall–Kier alpha value is -1.10. The lowest BCUT2D eigenvalue weighted by atomic mass is 9.75. The Morgan fingerprint density at radius 1 is 1.10 bits per heavy atom. The Bertz CT molecular complexity index is 660. The summed E-state index contributed by atoms with van der Waals surface area (Å²) in [5.74, 6) is 2.23. The van der Waals surface area contributed by atoms with Gasteiger partial charge in [0.15, 0.2) is 5.78 Å². The number of ether oxygens (including phenoxy) is 1. The van der Waals surface area contributed by atoms with Crippen LogP contribution >= 0.6 is 0 Å². The fourth-order valence-electron chi connectivity index (χ4n) is 5.86. The van der Waals surface area contributed by atoms with Crippen molar-refractivity contribution in [3.63, 3.8) is 0 Å². The fraction of sp³-hybridized carbons (Fsp3) is 0.840. The maximum Gasteiger partial charge on any atom is 0.414 e. The summed E-state index contributed by atoms with van der Waals surface area (Å²) in [6, 6.07) is -0.0242. The SMILES string of the molecule is CC(C)[C@@H]1CC[C@@H](C)C[C@H]1OC(=O)N1C=C([Si](C)(C)C)C(=O)C[C@H]1C1CCCCC1. The van der Waals surface area contributed by atoms with Crippen molar-refractivity contribution in [3.8, 4) is 0 Å². The van der Waals surface area contributed by atoms with E-state index in [4.69, 9.17) is 4.74 Å². The molecule has 5 heteroatoms. The van der Waals surface area contributed by atoms with Gasteiger partial charge in [-0.25, -0.2) is 4.79 Å². The molecule has 1 heterocycles. The molecule has 0 spiro atoms. The van der Waals surface area contributed by atoms with Gasteiger partial charge in [0, 0.05) is 18.7 Å². The van der Waals surface area contributed by atoms with Crippen molar-refractivity contribution in [2.24, 2.45) is 23.7 Å². The van der Waals surface area contributed by atoms with Gasteiger partial charge in [-0.2, -0.15) is 0 Å². The highest BCUT2D eigenvalue weighted by Gasteiger charge is 2.42. The molecule has 0 radical (unpaired) electrons. The molecule has 3 aliphatic rings. The highest BCUT2D eigenvalue weighted by atomic mass is 28.3. The van der Waals surface area contributed by atoms with Crippen molar-refractivity contribution in [1.82, 2.24) is 4.90 Å². The number of hydrogen-bond acceptors (Lipinski definition) is 3. The molecule has 1 aliphatic heterocycles.